The highest BCUT2D eigenvalue weighted by molar-refractivity contribution is 6.34. The van der Waals surface area contributed by atoms with Gasteiger partial charge in [-0.05, 0) is 48.6 Å². The number of carbonyl (C=O) groups excluding carboxylic acids is 1. The summed E-state index contributed by atoms with van der Waals surface area (Å²) in [7, 11) is 0. The number of hydrogen-bond donors (Lipinski definition) is 1. The number of hydrogen-bond acceptors (Lipinski definition) is 2. The Morgan fingerprint density at radius 3 is 2.38 bits per heavy atom. The summed E-state index contributed by atoms with van der Waals surface area (Å²) < 4.78 is 0. The minimum Gasteiger partial charge on any atom is -0.480 e. The molecule has 4 nitrogen and oxygen atoms in total. The number of aliphatic carboxylic acids is 1. The van der Waals surface area contributed by atoms with Crippen molar-refractivity contribution in [3.05, 3.63) is 39.9 Å². The molecular weight excluding hydrogens is 313 g/mol. The van der Waals surface area contributed by atoms with Crippen LogP contribution >= 0.6 is 23.2 Å². The van der Waals surface area contributed by atoms with E-state index in [0.717, 1.165) is 12.8 Å². The largest absolute Gasteiger partial charge is 0.480 e. The Hall–Kier alpha value is -1.52. The van der Waals surface area contributed by atoms with Crippen molar-refractivity contribution in [3.63, 3.8) is 0 Å². The van der Waals surface area contributed by atoms with Crippen LogP contribution in [0.5, 0.6) is 0 Å². The standard InChI is InChI=1S/C15H15Cl2NO3/c16-12-5-11(6-13(17)7-12)3-4-14(19)18(9-15(20)21)8-10-1-2-10/h3-7,10H,1-2,8-9H2,(H,20,21)/b4-3+. The maximum atomic E-state index is 12.1. The number of benzene rings is 1. The average molecular weight is 328 g/mol. The quantitative estimate of drug-likeness (QED) is 0.815. The summed E-state index contributed by atoms with van der Waals surface area (Å²) in [6.45, 7) is 0.210. The van der Waals surface area contributed by atoms with E-state index in [4.69, 9.17) is 28.3 Å². The van der Waals surface area contributed by atoms with Gasteiger partial charge in [-0.15, -0.1) is 0 Å². The van der Waals surface area contributed by atoms with Crippen molar-refractivity contribution in [2.24, 2.45) is 5.92 Å². The molecule has 21 heavy (non-hydrogen) atoms. The van der Waals surface area contributed by atoms with E-state index < -0.39 is 5.97 Å². The van der Waals surface area contributed by atoms with E-state index in [1.54, 1.807) is 24.3 Å². The summed E-state index contributed by atoms with van der Waals surface area (Å²) in [5.74, 6) is -0.897. The van der Waals surface area contributed by atoms with Gasteiger partial charge in [0.15, 0.2) is 0 Å². The molecule has 1 aromatic rings. The second kappa shape index (κ2) is 6.96. The van der Waals surface area contributed by atoms with Crippen LogP contribution in [0.25, 0.3) is 6.08 Å². The third-order valence-corrected chi connectivity index (χ3v) is 3.55. The highest BCUT2D eigenvalue weighted by atomic mass is 35.5. The molecule has 1 aromatic carbocycles. The van der Waals surface area contributed by atoms with Crippen LogP contribution in [0.2, 0.25) is 10.0 Å². The van der Waals surface area contributed by atoms with Crippen LogP contribution in [0, 0.1) is 5.92 Å². The lowest BCUT2D eigenvalue weighted by atomic mass is 10.2. The van der Waals surface area contributed by atoms with E-state index >= 15 is 0 Å². The summed E-state index contributed by atoms with van der Waals surface area (Å²) in [6.07, 6.45) is 5.04. The summed E-state index contributed by atoms with van der Waals surface area (Å²) in [5, 5.41) is 9.83. The first-order valence-electron chi connectivity index (χ1n) is 6.59. The number of carbonyl (C=O) groups is 2. The van der Waals surface area contributed by atoms with Crippen molar-refractivity contribution in [2.75, 3.05) is 13.1 Å². The summed E-state index contributed by atoms with van der Waals surface area (Å²) >= 11 is 11.8. The van der Waals surface area contributed by atoms with E-state index in [2.05, 4.69) is 0 Å². The molecule has 0 heterocycles. The Kier molecular flexibility index (Phi) is 5.26. The van der Waals surface area contributed by atoms with Gasteiger partial charge >= 0.3 is 5.97 Å². The molecule has 0 radical (unpaired) electrons. The Morgan fingerprint density at radius 2 is 1.86 bits per heavy atom. The fourth-order valence-electron chi connectivity index (χ4n) is 1.95. The van der Waals surface area contributed by atoms with Gasteiger partial charge in [0, 0.05) is 22.7 Å². The number of nitrogens with zero attached hydrogens (tertiary/aromatic N) is 1. The molecule has 0 aromatic heterocycles. The van der Waals surface area contributed by atoms with E-state index in [0.29, 0.717) is 28.1 Å². The Labute approximate surface area is 133 Å². The molecule has 0 bridgehead atoms. The summed E-state index contributed by atoms with van der Waals surface area (Å²) in [5.41, 5.74) is 0.697. The SMILES string of the molecule is O=C(O)CN(CC1CC1)C(=O)/C=C/c1cc(Cl)cc(Cl)c1. The van der Waals surface area contributed by atoms with E-state index in [-0.39, 0.29) is 12.5 Å². The van der Waals surface area contributed by atoms with Gasteiger partial charge in [-0.3, -0.25) is 9.59 Å². The van der Waals surface area contributed by atoms with Crippen molar-refractivity contribution < 1.29 is 14.7 Å². The Morgan fingerprint density at radius 1 is 1.24 bits per heavy atom. The third-order valence-electron chi connectivity index (χ3n) is 3.12. The molecule has 1 aliphatic carbocycles. The van der Waals surface area contributed by atoms with E-state index in [9.17, 15) is 9.59 Å². The van der Waals surface area contributed by atoms with Crippen LogP contribution in [-0.2, 0) is 9.59 Å². The molecule has 1 N–H and O–H groups in total. The number of amides is 1. The van der Waals surface area contributed by atoms with Gasteiger partial charge in [0.2, 0.25) is 5.91 Å². The van der Waals surface area contributed by atoms with Crippen LogP contribution in [0.1, 0.15) is 18.4 Å². The zero-order valence-corrected chi connectivity index (χ0v) is 12.8. The molecule has 112 valence electrons. The number of halogens is 2. The predicted molar refractivity (Wildman–Crippen MR) is 82.4 cm³/mol. The molecule has 0 spiro atoms. The van der Waals surface area contributed by atoms with Gasteiger partial charge in [-0.1, -0.05) is 23.2 Å². The van der Waals surface area contributed by atoms with Crippen molar-refractivity contribution in [3.8, 4) is 0 Å². The Balaban J connectivity index is 2.05. The molecule has 2 rings (SSSR count). The maximum absolute atomic E-state index is 12.1. The summed E-state index contributed by atoms with van der Waals surface area (Å²) in [4.78, 5) is 24.3. The monoisotopic (exact) mass is 327 g/mol. The molecule has 1 aliphatic rings. The minimum atomic E-state index is -1.01. The Bertz CT molecular complexity index is 562. The van der Waals surface area contributed by atoms with Crippen LogP contribution in [0.4, 0.5) is 0 Å². The first-order valence-corrected chi connectivity index (χ1v) is 7.34. The van der Waals surface area contributed by atoms with E-state index in [1.807, 2.05) is 0 Å². The average Bonchev–Trinajstić information content (AvgIpc) is 3.17. The maximum Gasteiger partial charge on any atom is 0.323 e. The van der Waals surface area contributed by atoms with Crippen LogP contribution in [-0.4, -0.2) is 35.0 Å². The molecule has 0 unspecified atom stereocenters. The molecule has 6 heteroatoms. The van der Waals surface area contributed by atoms with Crippen molar-refractivity contribution >= 4 is 41.2 Å². The first-order chi connectivity index (χ1) is 9.94. The van der Waals surface area contributed by atoms with Crippen molar-refractivity contribution in [2.45, 2.75) is 12.8 Å². The molecule has 1 amide bonds. The van der Waals surface area contributed by atoms with Gasteiger partial charge in [-0.2, -0.15) is 0 Å². The molecule has 0 aliphatic heterocycles. The zero-order chi connectivity index (χ0) is 15.4. The predicted octanol–water partition coefficient (Wildman–Crippen LogP) is 3.33. The first kappa shape index (κ1) is 15.9. The van der Waals surface area contributed by atoms with Gasteiger partial charge in [0.05, 0.1) is 0 Å². The second-order valence-electron chi connectivity index (χ2n) is 5.09. The highest BCUT2D eigenvalue weighted by Gasteiger charge is 2.27. The molecular formula is C15H15Cl2NO3. The number of rotatable bonds is 6. The fraction of sp³-hybridized carbons (Fsp3) is 0.333. The molecule has 1 saturated carbocycles. The lowest BCUT2D eigenvalue weighted by molar-refractivity contribution is -0.142. The summed E-state index contributed by atoms with van der Waals surface area (Å²) in [6, 6.07) is 4.96. The van der Waals surface area contributed by atoms with Crippen LogP contribution < -0.4 is 0 Å². The number of carboxylic acid groups (broad SMARTS) is 1. The zero-order valence-electron chi connectivity index (χ0n) is 11.3. The fourth-order valence-corrected chi connectivity index (χ4v) is 2.50. The van der Waals surface area contributed by atoms with Crippen LogP contribution in [0.3, 0.4) is 0 Å². The lowest BCUT2D eigenvalue weighted by Gasteiger charge is -2.18. The smallest absolute Gasteiger partial charge is 0.323 e. The van der Waals surface area contributed by atoms with E-state index in [1.165, 1.54) is 11.0 Å². The van der Waals surface area contributed by atoms with Gasteiger partial charge in [0.1, 0.15) is 6.54 Å². The topological polar surface area (TPSA) is 57.6 Å². The van der Waals surface area contributed by atoms with Gasteiger partial charge in [0.25, 0.3) is 0 Å². The third kappa shape index (κ3) is 5.40. The molecule has 0 atom stereocenters. The molecule has 0 saturated heterocycles. The second-order valence-corrected chi connectivity index (χ2v) is 5.96. The molecule has 1 fully saturated rings. The van der Waals surface area contributed by atoms with Gasteiger partial charge in [-0.25, -0.2) is 0 Å². The lowest BCUT2D eigenvalue weighted by Crippen LogP contribution is -2.36. The van der Waals surface area contributed by atoms with Crippen molar-refractivity contribution in [1.82, 2.24) is 4.90 Å². The van der Waals surface area contributed by atoms with Gasteiger partial charge < -0.3 is 10.0 Å². The normalized spacial score (nSPS) is 14.4. The highest BCUT2D eigenvalue weighted by Crippen LogP contribution is 2.29. The van der Waals surface area contributed by atoms with Crippen LogP contribution in [0.15, 0.2) is 24.3 Å². The van der Waals surface area contributed by atoms with Crippen molar-refractivity contribution in [1.29, 1.82) is 0 Å². The number of carboxylic acids is 1. The minimum absolute atomic E-state index is 0.282.